The van der Waals surface area contributed by atoms with Gasteiger partial charge in [-0.15, -0.1) is 11.6 Å². The van der Waals surface area contributed by atoms with Gasteiger partial charge in [-0.25, -0.2) is 9.37 Å². The van der Waals surface area contributed by atoms with Crippen molar-refractivity contribution in [3.63, 3.8) is 0 Å². The molecule has 2 rings (SSSR count). The Labute approximate surface area is 129 Å². The van der Waals surface area contributed by atoms with Crippen molar-refractivity contribution in [2.45, 2.75) is 31.0 Å². The lowest BCUT2D eigenvalue weighted by Gasteiger charge is -2.14. The highest BCUT2D eigenvalue weighted by molar-refractivity contribution is 7.84. The van der Waals surface area contributed by atoms with E-state index in [2.05, 4.69) is 4.98 Å². The normalized spacial score (nSPS) is 16.3. The van der Waals surface area contributed by atoms with Gasteiger partial charge in [0.1, 0.15) is 11.6 Å². The summed E-state index contributed by atoms with van der Waals surface area (Å²) in [6.07, 6.45) is 1.65. The lowest BCUT2D eigenvalue weighted by molar-refractivity contribution is 0.627. The molecule has 20 heavy (non-hydrogen) atoms. The number of halogens is 3. The van der Waals surface area contributed by atoms with Crippen LogP contribution in [-0.2, 0) is 17.3 Å². The van der Waals surface area contributed by atoms with E-state index in [9.17, 15) is 8.60 Å². The fraction of sp³-hybridized carbons (Fsp3) is 0.462. The molecular formula is C13H15Cl2FN2OS. The number of fused-ring (bicyclic) bond motifs is 1. The van der Waals surface area contributed by atoms with Crippen LogP contribution in [-0.4, -0.2) is 25.3 Å². The van der Waals surface area contributed by atoms with Crippen molar-refractivity contribution in [3.05, 3.63) is 28.8 Å². The molecule has 0 aliphatic rings. The molecule has 1 aromatic carbocycles. The molecule has 0 spiro atoms. The summed E-state index contributed by atoms with van der Waals surface area (Å²) in [5.41, 5.74) is 1.21. The smallest absolute Gasteiger partial charge is 0.144 e. The summed E-state index contributed by atoms with van der Waals surface area (Å²) in [5, 5.41) is -0.357. The number of aromatic nitrogens is 2. The van der Waals surface area contributed by atoms with Gasteiger partial charge in [0.25, 0.3) is 0 Å². The number of hydrogen-bond donors (Lipinski definition) is 0. The van der Waals surface area contributed by atoms with Crippen molar-refractivity contribution < 1.29 is 8.60 Å². The predicted octanol–water partition coefficient (Wildman–Crippen LogP) is 3.90. The summed E-state index contributed by atoms with van der Waals surface area (Å²) in [4.78, 5) is 4.36. The van der Waals surface area contributed by atoms with E-state index in [1.54, 1.807) is 13.2 Å². The van der Waals surface area contributed by atoms with Gasteiger partial charge in [0.15, 0.2) is 0 Å². The van der Waals surface area contributed by atoms with Crippen LogP contribution in [0.4, 0.5) is 4.39 Å². The number of alkyl halides is 1. The molecule has 0 saturated heterocycles. The summed E-state index contributed by atoms with van der Waals surface area (Å²) in [7, 11) is -0.968. The largest absolute Gasteiger partial charge is 0.325 e. The minimum absolute atomic E-state index is 0.0395. The molecule has 0 amide bonds. The molecule has 0 fully saturated rings. The van der Waals surface area contributed by atoms with Gasteiger partial charge in [-0.3, -0.25) is 4.21 Å². The summed E-state index contributed by atoms with van der Waals surface area (Å²) in [6, 6.07) is 2.83. The maximum Gasteiger partial charge on any atom is 0.144 e. The van der Waals surface area contributed by atoms with Crippen LogP contribution in [0.1, 0.15) is 25.0 Å². The average Bonchev–Trinajstić information content (AvgIpc) is 2.68. The average molecular weight is 337 g/mol. The molecule has 0 N–H and O–H groups in total. The van der Waals surface area contributed by atoms with Gasteiger partial charge in [-0.05, 0) is 19.9 Å². The summed E-state index contributed by atoms with van der Waals surface area (Å²) in [5.74, 6) is 0.116. The number of benzene rings is 1. The monoisotopic (exact) mass is 336 g/mol. The minimum atomic E-state index is -0.968. The summed E-state index contributed by atoms with van der Waals surface area (Å²) in [6.45, 7) is 4.18. The van der Waals surface area contributed by atoms with Crippen molar-refractivity contribution in [1.82, 2.24) is 9.55 Å². The van der Waals surface area contributed by atoms with Gasteiger partial charge < -0.3 is 4.57 Å². The fourth-order valence-corrected chi connectivity index (χ4v) is 2.68. The highest BCUT2D eigenvalue weighted by atomic mass is 35.5. The Bertz CT molecular complexity index is 672. The van der Waals surface area contributed by atoms with Gasteiger partial charge in [-0.2, -0.15) is 0 Å². The third-order valence-corrected chi connectivity index (χ3v) is 4.95. The molecule has 3 atom stereocenters. The predicted molar refractivity (Wildman–Crippen MR) is 82.5 cm³/mol. The molecule has 0 aliphatic carbocycles. The van der Waals surface area contributed by atoms with Crippen molar-refractivity contribution >= 4 is 45.0 Å². The van der Waals surface area contributed by atoms with Crippen LogP contribution in [0.3, 0.4) is 0 Å². The quantitative estimate of drug-likeness (QED) is 0.793. The van der Waals surface area contributed by atoms with Gasteiger partial charge >= 0.3 is 0 Å². The van der Waals surface area contributed by atoms with Crippen molar-refractivity contribution in [1.29, 1.82) is 0 Å². The van der Waals surface area contributed by atoms with Crippen LogP contribution >= 0.6 is 23.2 Å². The van der Waals surface area contributed by atoms with Gasteiger partial charge in [0, 0.05) is 34.9 Å². The molecule has 1 heterocycles. The first-order chi connectivity index (χ1) is 9.31. The molecule has 7 heteroatoms. The van der Waals surface area contributed by atoms with E-state index in [1.807, 2.05) is 11.5 Å². The zero-order chi connectivity index (χ0) is 15.0. The Hall–Kier alpha value is -0.650. The second kappa shape index (κ2) is 6.00. The number of hydrogen-bond acceptors (Lipinski definition) is 2. The first-order valence-corrected chi connectivity index (χ1v) is 8.56. The molecule has 0 radical (unpaired) electrons. The highest BCUT2D eigenvalue weighted by Crippen LogP contribution is 2.28. The fourth-order valence-electron chi connectivity index (χ4n) is 2.00. The highest BCUT2D eigenvalue weighted by Gasteiger charge is 2.19. The van der Waals surface area contributed by atoms with Gasteiger partial charge in [0.05, 0.1) is 21.4 Å². The third-order valence-electron chi connectivity index (χ3n) is 3.18. The standard InChI is InChI=1S/C13H15Cl2FN2OS/c1-7(20(3)19)6-18-12-4-9(15)10(16)5-11(12)17-13(18)8(2)14/h4-5,7-8H,6H2,1-3H3. The number of imidazole rings is 1. The summed E-state index contributed by atoms with van der Waals surface area (Å²) < 4.78 is 27.0. The Morgan fingerprint density at radius 1 is 1.45 bits per heavy atom. The van der Waals surface area contributed by atoms with E-state index in [0.717, 1.165) is 0 Å². The molecular weight excluding hydrogens is 322 g/mol. The van der Waals surface area contributed by atoms with Crippen LogP contribution in [0.25, 0.3) is 11.0 Å². The zero-order valence-electron chi connectivity index (χ0n) is 11.4. The first-order valence-electron chi connectivity index (χ1n) is 6.12. The van der Waals surface area contributed by atoms with E-state index >= 15 is 0 Å². The maximum atomic E-state index is 13.5. The van der Waals surface area contributed by atoms with Crippen LogP contribution in [0, 0.1) is 5.82 Å². The lowest BCUT2D eigenvalue weighted by Crippen LogP contribution is -2.19. The SMILES string of the molecule is CC(Cl)c1nc2cc(F)c(Cl)cc2n1CC(C)S(C)=O. The van der Waals surface area contributed by atoms with E-state index in [0.29, 0.717) is 23.4 Å². The molecule has 2 aromatic rings. The molecule has 0 bridgehead atoms. The van der Waals surface area contributed by atoms with E-state index in [1.165, 1.54) is 12.1 Å². The Kier molecular flexibility index (Phi) is 4.72. The zero-order valence-corrected chi connectivity index (χ0v) is 13.7. The number of nitrogens with zero attached hydrogens (tertiary/aromatic N) is 2. The Morgan fingerprint density at radius 2 is 2.10 bits per heavy atom. The Balaban J connectivity index is 2.62. The first kappa shape index (κ1) is 15.7. The van der Waals surface area contributed by atoms with E-state index in [4.69, 9.17) is 23.2 Å². The lowest BCUT2D eigenvalue weighted by atomic mass is 10.3. The molecule has 1 aromatic heterocycles. The molecule has 0 aliphatic heterocycles. The summed E-state index contributed by atoms with van der Waals surface area (Å²) >= 11 is 12.0. The van der Waals surface area contributed by atoms with Crippen LogP contribution < -0.4 is 0 Å². The van der Waals surface area contributed by atoms with E-state index in [-0.39, 0.29) is 15.6 Å². The second-order valence-electron chi connectivity index (χ2n) is 4.76. The maximum absolute atomic E-state index is 13.5. The van der Waals surface area contributed by atoms with Crippen LogP contribution in [0.5, 0.6) is 0 Å². The van der Waals surface area contributed by atoms with Crippen LogP contribution in [0.2, 0.25) is 5.02 Å². The van der Waals surface area contributed by atoms with Crippen molar-refractivity contribution in [3.8, 4) is 0 Å². The third kappa shape index (κ3) is 3.00. The molecule has 3 unspecified atom stereocenters. The van der Waals surface area contributed by atoms with Crippen LogP contribution in [0.15, 0.2) is 12.1 Å². The second-order valence-corrected chi connectivity index (χ2v) is 7.62. The minimum Gasteiger partial charge on any atom is -0.325 e. The van der Waals surface area contributed by atoms with Gasteiger partial charge in [-0.1, -0.05) is 11.6 Å². The van der Waals surface area contributed by atoms with Crippen molar-refractivity contribution in [2.24, 2.45) is 0 Å². The molecule has 110 valence electrons. The molecule has 3 nitrogen and oxygen atoms in total. The Morgan fingerprint density at radius 3 is 2.65 bits per heavy atom. The van der Waals surface area contributed by atoms with E-state index < -0.39 is 16.6 Å². The molecule has 0 saturated carbocycles. The van der Waals surface area contributed by atoms with Crippen molar-refractivity contribution in [2.75, 3.05) is 6.26 Å². The topological polar surface area (TPSA) is 34.9 Å². The number of rotatable bonds is 4. The van der Waals surface area contributed by atoms with Gasteiger partial charge in [0.2, 0.25) is 0 Å².